The first-order valence-electron chi connectivity index (χ1n) is 6.74. The highest BCUT2D eigenvalue weighted by molar-refractivity contribution is 5.94. The third-order valence-corrected chi connectivity index (χ3v) is 3.56. The Bertz CT molecular complexity index is 698. The van der Waals surface area contributed by atoms with Crippen molar-refractivity contribution in [2.75, 3.05) is 11.9 Å². The molecule has 1 unspecified atom stereocenters. The fraction of sp³-hybridized carbons (Fsp3) is 0.188. The molecule has 0 saturated carbocycles. The number of halogens is 3. The predicted molar refractivity (Wildman–Crippen MR) is 76.4 cm³/mol. The van der Waals surface area contributed by atoms with Gasteiger partial charge < -0.3 is 5.32 Å². The van der Waals surface area contributed by atoms with E-state index in [1.54, 1.807) is 0 Å². The molecule has 1 heterocycles. The molecule has 0 bridgehead atoms. The highest BCUT2D eigenvalue weighted by Gasteiger charge is 2.33. The second kappa shape index (κ2) is 5.46. The molecule has 0 spiro atoms. The van der Waals surface area contributed by atoms with Crippen molar-refractivity contribution in [2.24, 2.45) is 0 Å². The maximum Gasteiger partial charge on any atom is 0.416 e. The van der Waals surface area contributed by atoms with Crippen LogP contribution in [-0.2, 0) is 11.0 Å². The second-order valence-electron chi connectivity index (χ2n) is 5.07. The van der Waals surface area contributed by atoms with E-state index in [9.17, 15) is 18.0 Å². The van der Waals surface area contributed by atoms with Gasteiger partial charge >= 0.3 is 6.18 Å². The van der Waals surface area contributed by atoms with Gasteiger partial charge in [-0.05, 0) is 29.3 Å². The summed E-state index contributed by atoms with van der Waals surface area (Å²) in [4.78, 5) is 11.7. The van der Waals surface area contributed by atoms with E-state index in [1.165, 1.54) is 6.07 Å². The lowest BCUT2D eigenvalue weighted by Crippen LogP contribution is -2.27. The van der Waals surface area contributed by atoms with Crippen molar-refractivity contribution in [3.63, 3.8) is 0 Å². The summed E-state index contributed by atoms with van der Waals surface area (Å²) in [6, 6.07) is 12.0. The van der Waals surface area contributed by atoms with Crippen molar-refractivity contribution in [3.05, 3.63) is 65.2 Å². The number of hydrogen-bond donors (Lipinski definition) is 2. The minimum Gasteiger partial charge on any atom is -0.325 e. The molecule has 22 heavy (non-hydrogen) atoms. The standard InChI is InChI=1S/C16H13F3N2O/c17-16(18,19)11-6-7-13-12(8-11)15(20-9-14(22)21-13)10-4-2-1-3-5-10/h1-8,15,20H,9H2,(H,21,22). The lowest BCUT2D eigenvalue weighted by Gasteiger charge is -2.20. The molecule has 1 aliphatic heterocycles. The van der Waals surface area contributed by atoms with Crippen molar-refractivity contribution in [1.29, 1.82) is 0 Å². The SMILES string of the molecule is O=C1CNC(c2ccccc2)c2cc(C(F)(F)F)ccc2N1. The van der Waals surface area contributed by atoms with E-state index in [2.05, 4.69) is 10.6 Å². The van der Waals surface area contributed by atoms with Gasteiger partial charge in [-0.25, -0.2) is 0 Å². The minimum atomic E-state index is -4.42. The predicted octanol–water partition coefficient (Wildman–Crippen LogP) is 3.34. The molecule has 2 aromatic rings. The number of hydrogen-bond acceptors (Lipinski definition) is 2. The largest absolute Gasteiger partial charge is 0.416 e. The van der Waals surface area contributed by atoms with Crippen molar-refractivity contribution < 1.29 is 18.0 Å². The minimum absolute atomic E-state index is 0.0373. The summed E-state index contributed by atoms with van der Waals surface area (Å²) in [7, 11) is 0. The van der Waals surface area contributed by atoms with Gasteiger partial charge in [0.25, 0.3) is 0 Å². The van der Waals surface area contributed by atoms with E-state index in [1.807, 2.05) is 30.3 Å². The molecule has 2 aromatic carbocycles. The lowest BCUT2D eigenvalue weighted by atomic mass is 9.95. The van der Waals surface area contributed by atoms with Crippen LogP contribution >= 0.6 is 0 Å². The molecule has 0 saturated heterocycles. The quantitative estimate of drug-likeness (QED) is 0.848. The van der Waals surface area contributed by atoms with Gasteiger partial charge in [0, 0.05) is 5.69 Å². The average Bonchev–Trinajstić information content (AvgIpc) is 2.65. The normalized spacial score (nSPS) is 18.3. The molecule has 1 aliphatic rings. The van der Waals surface area contributed by atoms with E-state index in [-0.39, 0.29) is 12.5 Å². The fourth-order valence-corrected chi connectivity index (χ4v) is 2.53. The topological polar surface area (TPSA) is 41.1 Å². The van der Waals surface area contributed by atoms with E-state index in [4.69, 9.17) is 0 Å². The van der Waals surface area contributed by atoms with Crippen molar-refractivity contribution in [3.8, 4) is 0 Å². The zero-order chi connectivity index (χ0) is 15.7. The van der Waals surface area contributed by atoms with E-state index in [0.717, 1.165) is 17.7 Å². The summed E-state index contributed by atoms with van der Waals surface area (Å²) < 4.78 is 38.9. The van der Waals surface area contributed by atoms with E-state index < -0.39 is 17.8 Å². The maximum atomic E-state index is 13.0. The molecular weight excluding hydrogens is 293 g/mol. The number of amides is 1. The first-order chi connectivity index (χ1) is 10.4. The zero-order valence-corrected chi connectivity index (χ0v) is 11.4. The molecule has 0 radical (unpaired) electrons. The van der Waals surface area contributed by atoms with E-state index >= 15 is 0 Å². The first-order valence-corrected chi connectivity index (χ1v) is 6.74. The Morgan fingerprint density at radius 2 is 1.77 bits per heavy atom. The average molecular weight is 306 g/mol. The molecule has 0 aromatic heterocycles. The van der Waals surface area contributed by atoms with Crippen LogP contribution in [0.1, 0.15) is 22.7 Å². The number of nitrogens with one attached hydrogen (secondary N) is 2. The van der Waals surface area contributed by atoms with Gasteiger partial charge in [0.05, 0.1) is 18.2 Å². The van der Waals surface area contributed by atoms with Crippen molar-refractivity contribution >= 4 is 11.6 Å². The fourth-order valence-electron chi connectivity index (χ4n) is 2.53. The van der Waals surface area contributed by atoms with Gasteiger partial charge in [-0.2, -0.15) is 13.2 Å². The molecule has 2 N–H and O–H groups in total. The zero-order valence-electron chi connectivity index (χ0n) is 11.4. The van der Waals surface area contributed by atoms with Crippen LogP contribution in [-0.4, -0.2) is 12.5 Å². The molecule has 3 rings (SSSR count). The van der Waals surface area contributed by atoms with Crippen LogP contribution in [0.5, 0.6) is 0 Å². The van der Waals surface area contributed by atoms with Gasteiger partial charge in [0.2, 0.25) is 5.91 Å². The van der Waals surface area contributed by atoms with Gasteiger partial charge in [-0.15, -0.1) is 0 Å². The molecule has 0 fully saturated rings. The van der Waals surface area contributed by atoms with Crippen LogP contribution in [0.4, 0.5) is 18.9 Å². The van der Waals surface area contributed by atoms with Gasteiger partial charge in [-0.3, -0.25) is 10.1 Å². The van der Waals surface area contributed by atoms with Gasteiger partial charge in [0.15, 0.2) is 0 Å². The molecular formula is C16H13F3N2O. The number of benzene rings is 2. The maximum absolute atomic E-state index is 13.0. The highest BCUT2D eigenvalue weighted by atomic mass is 19.4. The highest BCUT2D eigenvalue weighted by Crippen LogP contribution is 2.36. The third kappa shape index (κ3) is 2.82. The van der Waals surface area contributed by atoms with Crippen molar-refractivity contribution in [1.82, 2.24) is 5.32 Å². The molecule has 6 heteroatoms. The van der Waals surface area contributed by atoms with Gasteiger partial charge in [0.1, 0.15) is 0 Å². The number of carbonyl (C=O) groups excluding carboxylic acids is 1. The monoisotopic (exact) mass is 306 g/mol. The number of rotatable bonds is 1. The summed E-state index contributed by atoms with van der Waals surface area (Å²) in [5, 5.41) is 5.64. The Labute approximate surface area is 125 Å². The summed E-state index contributed by atoms with van der Waals surface area (Å²) in [5.41, 5.74) is 0.883. The summed E-state index contributed by atoms with van der Waals surface area (Å²) in [6.07, 6.45) is -4.42. The van der Waals surface area contributed by atoms with E-state index in [0.29, 0.717) is 11.3 Å². The molecule has 1 amide bonds. The Hall–Kier alpha value is -2.34. The second-order valence-corrected chi connectivity index (χ2v) is 5.07. The smallest absolute Gasteiger partial charge is 0.325 e. The van der Waals surface area contributed by atoms with Crippen LogP contribution in [0.25, 0.3) is 0 Å². The summed E-state index contributed by atoms with van der Waals surface area (Å²) >= 11 is 0. The molecule has 1 atom stereocenters. The Morgan fingerprint density at radius 3 is 2.45 bits per heavy atom. The summed E-state index contributed by atoms with van der Waals surface area (Å²) in [6.45, 7) is 0.0373. The van der Waals surface area contributed by atoms with Crippen LogP contribution in [0.15, 0.2) is 48.5 Å². The lowest BCUT2D eigenvalue weighted by molar-refractivity contribution is -0.137. The number of anilines is 1. The molecule has 3 nitrogen and oxygen atoms in total. The van der Waals surface area contributed by atoms with Gasteiger partial charge in [-0.1, -0.05) is 30.3 Å². The van der Waals surface area contributed by atoms with Crippen LogP contribution in [0, 0.1) is 0 Å². The Morgan fingerprint density at radius 1 is 1.05 bits per heavy atom. The number of alkyl halides is 3. The van der Waals surface area contributed by atoms with Crippen molar-refractivity contribution in [2.45, 2.75) is 12.2 Å². The number of carbonyl (C=O) groups is 1. The Balaban J connectivity index is 2.13. The van der Waals surface area contributed by atoms with Crippen LogP contribution in [0.3, 0.4) is 0 Å². The van der Waals surface area contributed by atoms with Crippen LogP contribution < -0.4 is 10.6 Å². The first kappa shape index (κ1) is 14.6. The third-order valence-electron chi connectivity index (χ3n) is 3.56. The van der Waals surface area contributed by atoms with Crippen LogP contribution in [0.2, 0.25) is 0 Å². The Kier molecular flexibility index (Phi) is 3.62. The molecule has 0 aliphatic carbocycles. The molecule has 114 valence electrons. The summed E-state index contributed by atoms with van der Waals surface area (Å²) in [5.74, 6) is -0.278. The number of fused-ring (bicyclic) bond motifs is 1.